The molecule has 0 aliphatic heterocycles. The first-order valence-electron chi connectivity index (χ1n) is 6.35. The molecule has 1 amide bonds. The molecule has 3 N–H and O–H groups in total. The number of thiophene rings is 1. The van der Waals surface area contributed by atoms with Crippen LogP contribution in [0.5, 0.6) is 0 Å². The molecule has 110 valence electrons. The van der Waals surface area contributed by atoms with Crippen molar-refractivity contribution in [3.63, 3.8) is 0 Å². The molecular weight excluding hydrogens is 290 g/mol. The van der Waals surface area contributed by atoms with Gasteiger partial charge in [0.05, 0.1) is 11.0 Å². The summed E-state index contributed by atoms with van der Waals surface area (Å²) in [4.78, 5) is 23.7. The number of hydrogen-bond donors (Lipinski definition) is 3. The average molecular weight is 305 g/mol. The summed E-state index contributed by atoms with van der Waals surface area (Å²) < 4.78 is 0. The fraction of sp³-hybridized carbons (Fsp3) is 0.200. The molecule has 2 aromatic rings. The minimum Gasteiger partial charge on any atom is -0.480 e. The normalized spacial score (nSPS) is 13.4. The van der Waals surface area contributed by atoms with E-state index in [1.807, 2.05) is 36.4 Å². The van der Waals surface area contributed by atoms with E-state index >= 15 is 0 Å². The highest BCUT2D eigenvalue weighted by atomic mass is 32.1. The first-order valence-corrected chi connectivity index (χ1v) is 7.23. The number of aliphatic hydroxyl groups excluding tert-OH is 1. The van der Waals surface area contributed by atoms with Gasteiger partial charge in [0.2, 0.25) is 0 Å². The molecule has 0 bridgehead atoms. The zero-order chi connectivity index (χ0) is 15.4. The second kappa shape index (κ2) is 6.51. The van der Waals surface area contributed by atoms with Crippen molar-refractivity contribution in [1.29, 1.82) is 0 Å². The zero-order valence-electron chi connectivity index (χ0n) is 11.3. The highest BCUT2D eigenvalue weighted by Gasteiger charge is 2.26. The van der Waals surface area contributed by atoms with Gasteiger partial charge in [0.15, 0.2) is 6.04 Å². The van der Waals surface area contributed by atoms with Gasteiger partial charge in [-0.25, -0.2) is 4.79 Å². The lowest BCUT2D eigenvalue weighted by Gasteiger charge is -2.17. The standard InChI is InChI=1S/C15H15NO4S/c1-9(17)12(15(19)20)16-14(18)13-11(7-8-21-13)10-5-3-2-4-6-10/h2-9,12,17H,1H3,(H,16,18)(H,19,20)/t9-,12+/m1/s1. The monoisotopic (exact) mass is 305 g/mol. The van der Waals surface area contributed by atoms with E-state index in [1.54, 1.807) is 5.38 Å². The average Bonchev–Trinajstić information content (AvgIpc) is 2.94. The van der Waals surface area contributed by atoms with Gasteiger partial charge < -0.3 is 15.5 Å². The third-order valence-corrected chi connectivity index (χ3v) is 3.90. The summed E-state index contributed by atoms with van der Waals surface area (Å²) in [6, 6.07) is 9.85. The van der Waals surface area contributed by atoms with E-state index in [1.165, 1.54) is 18.3 Å². The third-order valence-electron chi connectivity index (χ3n) is 2.99. The third kappa shape index (κ3) is 3.48. The molecule has 0 aliphatic rings. The Hall–Kier alpha value is -2.18. The van der Waals surface area contributed by atoms with Crippen molar-refractivity contribution < 1.29 is 19.8 Å². The number of carboxylic acids is 1. The maximum Gasteiger partial charge on any atom is 0.328 e. The molecule has 0 radical (unpaired) electrons. The molecule has 0 unspecified atom stereocenters. The second-order valence-corrected chi connectivity index (χ2v) is 5.48. The minimum atomic E-state index is -1.33. The first kappa shape index (κ1) is 15.2. The summed E-state index contributed by atoms with van der Waals surface area (Å²) in [7, 11) is 0. The van der Waals surface area contributed by atoms with Gasteiger partial charge in [-0.1, -0.05) is 30.3 Å². The van der Waals surface area contributed by atoms with Crippen LogP contribution in [0, 0.1) is 0 Å². The van der Waals surface area contributed by atoms with E-state index in [0.29, 0.717) is 4.88 Å². The molecule has 6 heteroatoms. The number of carbonyl (C=O) groups excluding carboxylic acids is 1. The largest absolute Gasteiger partial charge is 0.480 e. The molecule has 0 spiro atoms. The molecule has 0 aliphatic carbocycles. The Balaban J connectivity index is 2.25. The summed E-state index contributed by atoms with van der Waals surface area (Å²) in [5.41, 5.74) is 1.63. The summed E-state index contributed by atoms with van der Waals surface area (Å²) in [5.74, 6) is -1.77. The van der Waals surface area contributed by atoms with Gasteiger partial charge in [-0.15, -0.1) is 11.3 Å². The number of hydrogen-bond acceptors (Lipinski definition) is 4. The van der Waals surface area contributed by atoms with Crippen LogP contribution in [-0.2, 0) is 4.79 Å². The van der Waals surface area contributed by atoms with Crippen LogP contribution in [0.1, 0.15) is 16.6 Å². The van der Waals surface area contributed by atoms with Gasteiger partial charge in [0, 0.05) is 5.56 Å². The smallest absolute Gasteiger partial charge is 0.328 e. The summed E-state index contributed by atoms with van der Waals surface area (Å²) in [5, 5.41) is 22.6. The van der Waals surface area contributed by atoms with Gasteiger partial charge in [0.25, 0.3) is 5.91 Å². The van der Waals surface area contributed by atoms with Gasteiger partial charge in [0.1, 0.15) is 0 Å². The number of rotatable bonds is 5. The highest BCUT2D eigenvalue weighted by Crippen LogP contribution is 2.28. The summed E-state index contributed by atoms with van der Waals surface area (Å²) >= 11 is 1.23. The van der Waals surface area contributed by atoms with Gasteiger partial charge in [-0.3, -0.25) is 4.79 Å². The van der Waals surface area contributed by atoms with Crippen molar-refractivity contribution in [1.82, 2.24) is 5.32 Å². The zero-order valence-corrected chi connectivity index (χ0v) is 12.1. The van der Waals surface area contributed by atoms with Gasteiger partial charge >= 0.3 is 5.97 Å². The predicted molar refractivity (Wildman–Crippen MR) is 80.3 cm³/mol. The summed E-state index contributed by atoms with van der Waals surface area (Å²) in [6.45, 7) is 1.32. The van der Waals surface area contributed by atoms with Crippen LogP contribution in [0.4, 0.5) is 0 Å². The summed E-state index contributed by atoms with van der Waals surface area (Å²) in [6.07, 6.45) is -1.17. The van der Waals surface area contributed by atoms with E-state index in [0.717, 1.165) is 11.1 Å². The topological polar surface area (TPSA) is 86.6 Å². The Kier molecular flexibility index (Phi) is 4.72. The molecule has 1 aromatic carbocycles. The Morgan fingerprint density at radius 1 is 1.19 bits per heavy atom. The van der Waals surface area contributed by atoms with E-state index < -0.39 is 24.0 Å². The predicted octanol–water partition coefficient (Wildman–Crippen LogP) is 1.98. The van der Waals surface area contributed by atoms with Crippen molar-refractivity contribution in [2.24, 2.45) is 0 Å². The van der Waals surface area contributed by atoms with Crippen molar-refractivity contribution >= 4 is 23.2 Å². The maximum atomic E-state index is 12.2. The SMILES string of the molecule is C[C@@H](O)[C@H](NC(=O)c1sccc1-c1ccccc1)C(=O)O. The number of nitrogens with one attached hydrogen (secondary N) is 1. The van der Waals surface area contributed by atoms with E-state index in [-0.39, 0.29) is 0 Å². The lowest BCUT2D eigenvalue weighted by molar-refractivity contribution is -0.141. The molecule has 2 atom stereocenters. The van der Waals surface area contributed by atoms with Gasteiger partial charge in [-0.05, 0) is 23.9 Å². The number of carbonyl (C=O) groups is 2. The van der Waals surface area contributed by atoms with Crippen molar-refractivity contribution in [2.75, 3.05) is 0 Å². The molecule has 5 nitrogen and oxygen atoms in total. The lowest BCUT2D eigenvalue weighted by Crippen LogP contribution is -2.47. The molecule has 1 aromatic heterocycles. The second-order valence-electron chi connectivity index (χ2n) is 4.56. The lowest BCUT2D eigenvalue weighted by atomic mass is 10.1. The Morgan fingerprint density at radius 2 is 1.86 bits per heavy atom. The van der Waals surface area contributed by atoms with Crippen LogP contribution in [-0.4, -0.2) is 34.2 Å². The molecular formula is C15H15NO4S. The van der Waals surface area contributed by atoms with Crippen molar-refractivity contribution in [3.8, 4) is 11.1 Å². The minimum absolute atomic E-state index is 0.424. The molecule has 0 fully saturated rings. The molecule has 2 rings (SSSR count). The number of benzene rings is 1. The van der Waals surface area contributed by atoms with Gasteiger partial charge in [-0.2, -0.15) is 0 Å². The molecule has 0 saturated heterocycles. The Labute approximate surface area is 125 Å². The highest BCUT2D eigenvalue weighted by molar-refractivity contribution is 7.12. The van der Waals surface area contributed by atoms with Crippen molar-refractivity contribution in [2.45, 2.75) is 19.1 Å². The first-order chi connectivity index (χ1) is 10.0. The van der Waals surface area contributed by atoms with Crippen LogP contribution >= 0.6 is 11.3 Å². The van der Waals surface area contributed by atoms with Crippen LogP contribution < -0.4 is 5.32 Å². The fourth-order valence-corrected chi connectivity index (χ4v) is 2.74. The van der Waals surface area contributed by atoms with Crippen LogP contribution in [0.25, 0.3) is 11.1 Å². The van der Waals surface area contributed by atoms with Crippen LogP contribution in [0.15, 0.2) is 41.8 Å². The quantitative estimate of drug-likeness (QED) is 0.788. The number of amides is 1. The van der Waals surface area contributed by atoms with E-state index in [2.05, 4.69) is 5.32 Å². The molecule has 21 heavy (non-hydrogen) atoms. The number of aliphatic hydroxyl groups is 1. The molecule has 0 saturated carbocycles. The number of aliphatic carboxylic acids is 1. The number of carboxylic acid groups (broad SMARTS) is 1. The molecule has 1 heterocycles. The van der Waals surface area contributed by atoms with Crippen LogP contribution in [0.2, 0.25) is 0 Å². The maximum absolute atomic E-state index is 12.2. The van der Waals surface area contributed by atoms with E-state index in [9.17, 15) is 14.7 Å². The Bertz CT molecular complexity index is 636. The van der Waals surface area contributed by atoms with Crippen molar-refractivity contribution in [3.05, 3.63) is 46.7 Å². The van der Waals surface area contributed by atoms with E-state index in [4.69, 9.17) is 5.11 Å². The van der Waals surface area contributed by atoms with Crippen LogP contribution in [0.3, 0.4) is 0 Å². The fourth-order valence-electron chi connectivity index (χ4n) is 1.93. The Morgan fingerprint density at radius 3 is 2.43 bits per heavy atom.